The highest BCUT2D eigenvalue weighted by molar-refractivity contribution is 5.16. The lowest BCUT2D eigenvalue weighted by Gasteiger charge is -2.14. The molecule has 1 saturated heterocycles. The monoisotopic (exact) mass is 280 g/mol. The van der Waals surface area contributed by atoms with Gasteiger partial charge in [0, 0.05) is 18.7 Å². The van der Waals surface area contributed by atoms with Gasteiger partial charge in [0.25, 0.3) is 0 Å². The fourth-order valence-electron chi connectivity index (χ4n) is 2.51. The summed E-state index contributed by atoms with van der Waals surface area (Å²) >= 11 is 0. The van der Waals surface area contributed by atoms with E-state index < -0.39 is 0 Å². The van der Waals surface area contributed by atoms with Crippen LogP contribution in [0.25, 0.3) is 0 Å². The first-order valence-electron chi connectivity index (χ1n) is 7.82. The van der Waals surface area contributed by atoms with E-state index >= 15 is 0 Å². The summed E-state index contributed by atoms with van der Waals surface area (Å²) in [5, 5.41) is 3.44. The van der Waals surface area contributed by atoms with Crippen LogP contribution >= 0.6 is 0 Å². The molecule has 2 heterocycles. The Morgan fingerprint density at radius 3 is 2.90 bits per heavy atom. The van der Waals surface area contributed by atoms with Crippen molar-refractivity contribution in [1.82, 2.24) is 10.2 Å². The van der Waals surface area contributed by atoms with Crippen molar-refractivity contribution in [3.8, 4) is 0 Å². The summed E-state index contributed by atoms with van der Waals surface area (Å²) < 4.78 is 11.3. The minimum absolute atomic E-state index is 0.583. The predicted molar refractivity (Wildman–Crippen MR) is 80.6 cm³/mol. The van der Waals surface area contributed by atoms with Crippen molar-refractivity contribution in [3.63, 3.8) is 0 Å². The maximum atomic E-state index is 5.74. The Morgan fingerprint density at radius 2 is 2.15 bits per heavy atom. The van der Waals surface area contributed by atoms with Gasteiger partial charge in [0.2, 0.25) is 0 Å². The first kappa shape index (κ1) is 15.5. The lowest BCUT2D eigenvalue weighted by atomic mass is 10.2. The first-order valence-corrected chi connectivity index (χ1v) is 7.82. The molecule has 2 rings (SSSR count). The molecular formula is C16H28N2O2. The van der Waals surface area contributed by atoms with Crippen LogP contribution in [0.2, 0.25) is 0 Å². The molecule has 114 valence electrons. The number of hydrogen-bond donors (Lipinski definition) is 1. The van der Waals surface area contributed by atoms with Gasteiger partial charge in [-0.2, -0.15) is 0 Å². The summed E-state index contributed by atoms with van der Waals surface area (Å²) in [5.41, 5.74) is 1.21. The third-order valence-corrected chi connectivity index (χ3v) is 3.69. The van der Waals surface area contributed by atoms with E-state index in [4.69, 9.17) is 9.15 Å². The average molecular weight is 280 g/mol. The average Bonchev–Trinajstić information content (AvgIpc) is 3.06. The van der Waals surface area contributed by atoms with E-state index in [9.17, 15) is 0 Å². The van der Waals surface area contributed by atoms with Gasteiger partial charge in [0.15, 0.2) is 0 Å². The van der Waals surface area contributed by atoms with Gasteiger partial charge in [-0.3, -0.25) is 0 Å². The smallest absolute Gasteiger partial charge is 0.133 e. The van der Waals surface area contributed by atoms with Crippen LogP contribution in [0.4, 0.5) is 0 Å². The van der Waals surface area contributed by atoms with Crippen LogP contribution in [0, 0.1) is 5.92 Å². The zero-order valence-corrected chi connectivity index (χ0v) is 12.9. The van der Waals surface area contributed by atoms with Crippen molar-refractivity contribution in [2.45, 2.75) is 39.8 Å². The molecule has 0 bridgehead atoms. The molecule has 0 radical (unpaired) electrons. The second-order valence-corrected chi connectivity index (χ2v) is 6.00. The summed E-state index contributed by atoms with van der Waals surface area (Å²) in [4.78, 5) is 2.47. The molecule has 1 aromatic heterocycles. The Hall–Kier alpha value is -0.840. The highest BCUT2D eigenvalue weighted by atomic mass is 16.5. The quantitative estimate of drug-likeness (QED) is 0.706. The molecule has 0 amide bonds. The van der Waals surface area contributed by atoms with E-state index in [2.05, 4.69) is 24.1 Å². The topological polar surface area (TPSA) is 37.6 Å². The van der Waals surface area contributed by atoms with E-state index in [-0.39, 0.29) is 0 Å². The Kier molecular flexibility index (Phi) is 6.57. The van der Waals surface area contributed by atoms with Crippen LogP contribution in [-0.2, 0) is 17.9 Å². The molecule has 0 aromatic carbocycles. The molecule has 0 unspecified atom stereocenters. The molecule has 1 aromatic rings. The Balaban J connectivity index is 1.63. The van der Waals surface area contributed by atoms with Gasteiger partial charge in [0.05, 0.1) is 12.9 Å². The zero-order valence-electron chi connectivity index (χ0n) is 12.9. The molecule has 1 aliphatic rings. The summed E-state index contributed by atoms with van der Waals surface area (Å²) in [6, 6.07) is 2.03. The molecule has 4 heteroatoms. The summed E-state index contributed by atoms with van der Waals surface area (Å²) in [5.74, 6) is 1.63. The maximum Gasteiger partial charge on any atom is 0.133 e. The lowest BCUT2D eigenvalue weighted by Crippen LogP contribution is -2.24. The van der Waals surface area contributed by atoms with Gasteiger partial charge < -0.3 is 19.4 Å². The van der Waals surface area contributed by atoms with E-state index in [1.54, 1.807) is 6.26 Å². The van der Waals surface area contributed by atoms with Gasteiger partial charge >= 0.3 is 0 Å². The van der Waals surface area contributed by atoms with Crippen LogP contribution in [0.5, 0.6) is 0 Å². The first-order chi connectivity index (χ1) is 9.75. The normalized spacial score (nSPS) is 16.4. The molecule has 20 heavy (non-hydrogen) atoms. The Labute approximate surface area is 122 Å². The van der Waals surface area contributed by atoms with Gasteiger partial charge in [-0.1, -0.05) is 13.8 Å². The molecule has 1 fully saturated rings. The molecule has 0 saturated carbocycles. The number of nitrogens with one attached hydrogen (secondary N) is 1. The van der Waals surface area contributed by atoms with Crippen LogP contribution in [0.15, 0.2) is 16.7 Å². The summed E-state index contributed by atoms with van der Waals surface area (Å²) in [7, 11) is 0. The van der Waals surface area contributed by atoms with Crippen molar-refractivity contribution in [2.24, 2.45) is 5.92 Å². The number of hydrogen-bond acceptors (Lipinski definition) is 4. The van der Waals surface area contributed by atoms with Crippen molar-refractivity contribution >= 4 is 0 Å². The third-order valence-electron chi connectivity index (χ3n) is 3.69. The minimum atomic E-state index is 0.583. The molecule has 1 N–H and O–H groups in total. The molecule has 1 aliphatic heterocycles. The van der Waals surface area contributed by atoms with E-state index in [0.29, 0.717) is 12.5 Å². The SMILES string of the molecule is CC(C)CNCc1ccoc1COCCN1CCCC1. The van der Waals surface area contributed by atoms with Crippen molar-refractivity contribution in [1.29, 1.82) is 0 Å². The number of rotatable bonds is 9. The number of ether oxygens (including phenoxy) is 1. The highest BCUT2D eigenvalue weighted by Gasteiger charge is 2.11. The van der Waals surface area contributed by atoms with Crippen molar-refractivity contribution in [3.05, 3.63) is 23.7 Å². The van der Waals surface area contributed by atoms with E-state index in [1.165, 1.54) is 31.5 Å². The fraction of sp³-hybridized carbons (Fsp3) is 0.750. The van der Waals surface area contributed by atoms with Crippen LogP contribution in [-0.4, -0.2) is 37.7 Å². The van der Waals surface area contributed by atoms with Crippen LogP contribution in [0.1, 0.15) is 38.0 Å². The molecule has 4 nitrogen and oxygen atoms in total. The Bertz CT molecular complexity index is 370. The van der Waals surface area contributed by atoms with Crippen molar-refractivity contribution in [2.75, 3.05) is 32.8 Å². The van der Waals surface area contributed by atoms with Gasteiger partial charge in [-0.25, -0.2) is 0 Å². The molecule has 0 spiro atoms. The van der Waals surface area contributed by atoms with Crippen LogP contribution < -0.4 is 5.32 Å². The van der Waals surface area contributed by atoms with E-state index in [1.807, 2.05) is 6.07 Å². The van der Waals surface area contributed by atoms with E-state index in [0.717, 1.165) is 32.0 Å². The van der Waals surface area contributed by atoms with Gasteiger partial charge in [-0.05, 0) is 44.5 Å². The summed E-state index contributed by atoms with van der Waals surface area (Å²) in [6.45, 7) is 11.2. The second kappa shape index (κ2) is 8.45. The maximum absolute atomic E-state index is 5.74. The molecule has 0 atom stereocenters. The lowest BCUT2D eigenvalue weighted by molar-refractivity contribution is 0.0868. The Morgan fingerprint density at radius 1 is 1.35 bits per heavy atom. The number of likely N-dealkylation sites (tertiary alicyclic amines) is 1. The largest absolute Gasteiger partial charge is 0.467 e. The second-order valence-electron chi connectivity index (χ2n) is 6.00. The van der Waals surface area contributed by atoms with Gasteiger partial charge in [0.1, 0.15) is 12.4 Å². The van der Waals surface area contributed by atoms with Crippen LogP contribution in [0.3, 0.4) is 0 Å². The number of furan rings is 1. The highest BCUT2D eigenvalue weighted by Crippen LogP contribution is 2.12. The van der Waals surface area contributed by atoms with Gasteiger partial charge in [-0.15, -0.1) is 0 Å². The predicted octanol–water partition coefficient (Wildman–Crippen LogP) is 2.64. The number of nitrogens with zero attached hydrogens (tertiary/aromatic N) is 1. The molecule has 0 aliphatic carbocycles. The standard InChI is InChI=1S/C16H28N2O2/c1-14(2)11-17-12-15-5-9-20-16(15)13-19-10-8-18-6-3-4-7-18/h5,9,14,17H,3-4,6-8,10-13H2,1-2H3. The molecular weight excluding hydrogens is 252 g/mol. The minimum Gasteiger partial charge on any atom is -0.467 e. The van der Waals surface area contributed by atoms with Crippen molar-refractivity contribution < 1.29 is 9.15 Å². The summed E-state index contributed by atoms with van der Waals surface area (Å²) in [6.07, 6.45) is 4.43. The third kappa shape index (κ3) is 5.27. The fourth-order valence-corrected chi connectivity index (χ4v) is 2.51. The zero-order chi connectivity index (χ0) is 14.2.